The van der Waals surface area contributed by atoms with Gasteiger partial charge in [0.1, 0.15) is 11.6 Å². The molecule has 21 heavy (non-hydrogen) atoms. The van der Waals surface area contributed by atoms with Crippen LogP contribution in [-0.4, -0.2) is 7.11 Å². The number of benzene rings is 2. The van der Waals surface area contributed by atoms with Crippen molar-refractivity contribution < 1.29 is 9.13 Å². The van der Waals surface area contributed by atoms with Crippen molar-refractivity contribution in [3.8, 4) is 5.75 Å². The summed E-state index contributed by atoms with van der Waals surface area (Å²) in [5.41, 5.74) is 3.99. The van der Waals surface area contributed by atoms with Crippen LogP contribution in [0.4, 0.5) is 4.39 Å². The van der Waals surface area contributed by atoms with E-state index in [4.69, 9.17) is 33.8 Å². The highest BCUT2D eigenvalue weighted by Gasteiger charge is 2.16. The van der Waals surface area contributed by atoms with Crippen LogP contribution in [0.5, 0.6) is 5.75 Å². The van der Waals surface area contributed by atoms with Crippen molar-refractivity contribution in [2.24, 2.45) is 5.84 Å². The molecule has 6 heteroatoms. The lowest BCUT2D eigenvalue weighted by atomic mass is 9.99. The number of hydrazine groups is 1. The lowest BCUT2D eigenvalue weighted by Gasteiger charge is -2.18. The van der Waals surface area contributed by atoms with E-state index in [2.05, 4.69) is 5.43 Å². The van der Waals surface area contributed by atoms with Crippen molar-refractivity contribution in [2.75, 3.05) is 7.11 Å². The summed E-state index contributed by atoms with van der Waals surface area (Å²) in [6.07, 6.45) is 0.483. The number of nitrogens with one attached hydrogen (secondary N) is 1. The van der Waals surface area contributed by atoms with Crippen LogP contribution in [0.25, 0.3) is 0 Å². The highest BCUT2D eigenvalue weighted by atomic mass is 35.5. The molecule has 0 fully saturated rings. The molecule has 0 amide bonds. The van der Waals surface area contributed by atoms with Crippen LogP contribution in [-0.2, 0) is 6.42 Å². The second-order valence-corrected chi connectivity index (χ2v) is 5.37. The molecule has 0 saturated carbocycles. The van der Waals surface area contributed by atoms with Crippen LogP contribution in [0.15, 0.2) is 36.4 Å². The van der Waals surface area contributed by atoms with Crippen molar-refractivity contribution >= 4 is 23.2 Å². The summed E-state index contributed by atoms with van der Waals surface area (Å²) in [6, 6.07) is 9.57. The third kappa shape index (κ3) is 3.86. The predicted molar refractivity (Wildman–Crippen MR) is 83.2 cm³/mol. The van der Waals surface area contributed by atoms with Gasteiger partial charge in [0.25, 0.3) is 0 Å². The first-order chi connectivity index (χ1) is 10.0. The quantitative estimate of drug-likeness (QED) is 0.646. The highest BCUT2D eigenvalue weighted by Crippen LogP contribution is 2.27. The van der Waals surface area contributed by atoms with Crippen molar-refractivity contribution in [3.63, 3.8) is 0 Å². The van der Waals surface area contributed by atoms with Gasteiger partial charge in [0, 0.05) is 11.6 Å². The molecule has 3 N–H and O–H groups in total. The van der Waals surface area contributed by atoms with E-state index in [1.54, 1.807) is 24.3 Å². The maximum absolute atomic E-state index is 14.1. The minimum atomic E-state index is -0.381. The Balaban J connectivity index is 2.25. The number of rotatable bonds is 5. The average molecular weight is 329 g/mol. The maximum Gasteiger partial charge on any atom is 0.131 e. The lowest BCUT2D eigenvalue weighted by Crippen LogP contribution is -2.30. The van der Waals surface area contributed by atoms with E-state index in [0.29, 0.717) is 27.8 Å². The molecule has 0 aliphatic heterocycles. The largest absolute Gasteiger partial charge is 0.497 e. The zero-order chi connectivity index (χ0) is 15.4. The van der Waals surface area contributed by atoms with Gasteiger partial charge in [-0.15, -0.1) is 0 Å². The Labute approximate surface area is 132 Å². The van der Waals surface area contributed by atoms with Crippen LogP contribution < -0.4 is 16.0 Å². The highest BCUT2D eigenvalue weighted by molar-refractivity contribution is 6.42. The van der Waals surface area contributed by atoms with Gasteiger partial charge in [-0.2, -0.15) is 0 Å². The fraction of sp³-hybridized carbons (Fsp3) is 0.200. The second kappa shape index (κ2) is 7.09. The van der Waals surface area contributed by atoms with E-state index in [0.717, 1.165) is 5.56 Å². The topological polar surface area (TPSA) is 47.3 Å². The van der Waals surface area contributed by atoms with Crippen molar-refractivity contribution in [3.05, 3.63) is 63.4 Å². The Morgan fingerprint density at radius 2 is 1.95 bits per heavy atom. The van der Waals surface area contributed by atoms with Crippen molar-refractivity contribution in [1.82, 2.24) is 5.43 Å². The Bertz CT molecular complexity index is 637. The second-order valence-electron chi connectivity index (χ2n) is 4.56. The number of halogens is 3. The molecule has 112 valence electrons. The van der Waals surface area contributed by atoms with E-state index in [-0.39, 0.29) is 11.9 Å². The molecule has 1 atom stereocenters. The molecule has 0 aromatic heterocycles. The summed E-state index contributed by atoms with van der Waals surface area (Å²) >= 11 is 11.9. The van der Waals surface area contributed by atoms with E-state index in [9.17, 15) is 4.39 Å². The van der Waals surface area contributed by atoms with Crippen LogP contribution in [0.3, 0.4) is 0 Å². The molecule has 0 bridgehead atoms. The Hall–Kier alpha value is -1.33. The minimum absolute atomic E-state index is 0.377. The molecule has 0 heterocycles. The van der Waals surface area contributed by atoms with E-state index >= 15 is 0 Å². The van der Waals surface area contributed by atoms with Crippen LogP contribution >= 0.6 is 23.2 Å². The smallest absolute Gasteiger partial charge is 0.131 e. The summed E-state index contributed by atoms with van der Waals surface area (Å²) < 4.78 is 19.1. The van der Waals surface area contributed by atoms with Gasteiger partial charge in [0.15, 0.2) is 0 Å². The molecular weight excluding hydrogens is 314 g/mol. The molecule has 2 rings (SSSR count). The molecule has 2 aromatic carbocycles. The van der Waals surface area contributed by atoms with E-state index in [1.807, 2.05) is 6.07 Å². The first kappa shape index (κ1) is 16.0. The number of hydrogen-bond acceptors (Lipinski definition) is 3. The first-order valence-electron chi connectivity index (χ1n) is 6.28. The third-order valence-electron chi connectivity index (χ3n) is 3.21. The SMILES string of the molecule is COc1ccc(C(Cc2ccc(Cl)c(Cl)c2)NN)c(F)c1. The summed E-state index contributed by atoms with van der Waals surface area (Å²) in [5, 5.41) is 0.938. The van der Waals surface area contributed by atoms with Crippen LogP contribution in [0.1, 0.15) is 17.2 Å². The molecule has 2 aromatic rings. The minimum Gasteiger partial charge on any atom is -0.497 e. The Morgan fingerprint density at radius 3 is 2.52 bits per heavy atom. The fourth-order valence-electron chi connectivity index (χ4n) is 2.08. The van der Waals surface area contributed by atoms with Gasteiger partial charge in [-0.05, 0) is 30.2 Å². The van der Waals surface area contributed by atoms with Crippen molar-refractivity contribution in [2.45, 2.75) is 12.5 Å². The van der Waals surface area contributed by atoms with E-state index in [1.165, 1.54) is 13.2 Å². The molecule has 1 unspecified atom stereocenters. The monoisotopic (exact) mass is 328 g/mol. The average Bonchev–Trinajstić information content (AvgIpc) is 2.48. The third-order valence-corrected chi connectivity index (χ3v) is 3.95. The normalized spacial score (nSPS) is 12.2. The van der Waals surface area contributed by atoms with Gasteiger partial charge in [-0.3, -0.25) is 11.3 Å². The molecular formula is C15H15Cl2FN2O. The molecule has 0 saturated heterocycles. The number of ether oxygens (including phenoxy) is 1. The van der Waals surface area contributed by atoms with Gasteiger partial charge in [-0.1, -0.05) is 35.3 Å². The molecule has 3 nitrogen and oxygen atoms in total. The van der Waals surface area contributed by atoms with Crippen LogP contribution in [0.2, 0.25) is 10.0 Å². The molecule has 0 radical (unpaired) electrons. The standard InChI is InChI=1S/C15H15Cl2FN2O/c1-21-10-3-4-11(14(18)8-10)15(20-19)7-9-2-5-12(16)13(17)6-9/h2-6,8,15,20H,7,19H2,1H3. The fourth-order valence-corrected chi connectivity index (χ4v) is 2.40. The van der Waals surface area contributed by atoms with E-state index < -0.39 is 0 Å². The molecule has 0 aliphatic rings. The summed E-state index contributed by atoms with van der Waals surface area (Å²) in [4.78, 5) is 0. The predicted octanol–water partition coefficient (Wildman–Crippen LogP) is 3.89. The van der Waals surface area contributed by atoms with Gasteiger partial charge < -0.3 is 4.74 Å². The summed E-state index contributed by atoms with van der Waals surface area (Å²) in [5.74, 6) is 5.64. The summed E-state index contributed by atoms with van der Waals surface area (Å²) in [7, 11) is 1.49. The van der Waals surface area contributed by atoms with Crippen molar-refractivity contribution in [1.29, 1.82) is 0 Å². The van der Waals surface area contributed by atoms with Gasteiger partial charge >= 0.3 is 0 Å². The number of nitrogens with two attached hydrogens (primary N) is 1. The Morgan fingerprint density at radius 1 is 1.19 bits per heavy atom. The molecule has 0 spiro atoms. The number of methoxy groups -OCH3 is 1. The van der Waals surface area contributed by atoms with Crippen LogP contribution in [0, 0.1) is 5.82 Å². The Kier molecular flexibility index (Phi) is 5.42. The maximum atomic E-state index is 14.1. The lowest BCUT2D eigenvalue weighted by molar-refractivity contribution is 0.409. The zero-order valence-corrected chi connectivity index (χ0v) is 12.9. The number of hydrogen-bond donors (Lipinski definition) is 2. The van der Waals surface area contributed by atoms with Gasteiger partial charge in [0.05, 0.1) is 23.2 Å². The first-order valence-corrected chi connectivity index (χ1v) is 7.04. The summed E-state index contributed by atoms with van der Waals surface area (Å²) in [6.45, 7) is 0. The zero-order valence-electron chi connectivity index (χ0n) is 11.4. The van der Waals surface area contributed by atoms with Gasteiger partial charge in [0.2, 0.25) is 0 Å². The molecule has 0 aliphatic carbocycles. The van der Waals surface area contributed by atoms with Gasteiger partial charge in [-0.25, -0.2) is 4.39 Å².